The zero-order valence-electron chi connectivity index (χ0n) is 66.7. The Hall–Kier alpha value is -15.8. The van der Waals surface area contributed by atoms with Crippen LogP contribution in [-0.4, -0.2) is 61.7 Å². The Morgan fingerprint density at radius 3 is 0.583 bits per heavy atom. The molecule has 0 saturated carbocycles. The Bertz CT molecular complexity index is 6830. The average molecular weight is 1550 g/mol. The molecule has 574 valence electrons. The molecule has 4 aliphatic heterocycles. The smallest absolute Gasteiger partial charge is 0.255 e. The third kappa shape index (κ3) is 14.1. The number of pyridine rings is 2. The molecule has 0 aliphatic carbocycles. The van der Waals surface area contributed by atoms with Gasteiger partial charge in [0.25, 0.3) is 11.8 Å². The van der Waals surface area contributed by atoms with Gasteiger partial charge in [0.15, 0.2) is 0 Å². The summed E-state index contributed by atoms with van der Waals surface area (Å²) in [5.41, 5.74) is 38.7. The summed E-state index contributed by atoms with van der Waals surface area (Å²) in [5, 5.41) is 6.28. The first-order chi connectivity index (χ1) is 58.6. The van der Waals surface area contributed by atoms with Crippen molar-refractivity contribution in [2.75, 3.05) is 10.6 Å². The summed E-state index contributed by atoms with van der Waals surface area (Å²) in [4.78, 5) is 75.7. The molecule has 0 atom stereocenters. The highest BCUT2D eigenvalue weighted by Crippen LogP contribution is 2.43. The second kappa shape index (κ2) is 30.4. The average Bonchev–Trinajstić information content (AvgIpc) is 1.61. The number of fused-ring (bicyclic) bond motifs is 16. The number of benzene rings is 8. The van der Waals surface area contributed by atoms with Gasteiger partial charge in [-0.3, -0.25) is 19.6 Å². The van der Waals surface area contributed by atoms with Crippen LogP contribution < -0.4 is 10.6 Å². The van der Waals surface area contributed by atoms with E-state index >= 15 is 0 Å². The minimum absolute atomic E-state index is 0.351. The van der Waals surface area contributed by atoms with Crippen molar-refractivity contribution in [3.63, 3.8) is 0 Å². The van der Waals surface area contributed by atoms with E-state index in [1.54, 1.807) is 36.7 Å². The number of aryl methyl sites for hydroxylation is 6. The lowest BCUT2D eigenvalue weighted by Gasteiger charge is -2.10. The second-order valence-corrected chi connectivity index (χ2v) is 31.1. The van der Waals surface area contributed by atoms with E-state index in [2.05, 4.69) is 325 Å². The first-order valence-electron chi connectivity index (χ1n) is 40.2. The van der Waals surface area contributed by atoms with E-state index in [0.29, 0.717) is 33.9 Å². The Balaban J connectivity index is 0.609. The molecule has 120 heavy (non-hydrogen) atoms. The lowest BCUT2D eigenvalue weighted by molar-refractivity contribution is 0.101. The third-order valence-electron chi connectivity index (χ3n) is 22.7. The molecule has 20 rings (SSSR count). The molecule has 2 amide bonds. The lowest BCUT2D eigenvalue weighted by atomic mass is 10.0. The lowest BCUT2D eigenvalue weighted by Crippen LogP contribution is -2.13. The minimum Gasteiger partial charge on any atom is -0.354 e. The molecule has 0 spiro atoms. The third-order valence-corrected chi connectivity index (χ3v) is 22.7. The van der Waals surface area contributed by atoms with Gasteiger partial charge < -0.3 is 30.6 Å². The summed E-state index contributed by atoms with van der Waals surface area (Å²) in [6.45, 7) is 12.6. The second-order valence-electron chi connectivity index (χ2n) is 31.1. The predicted molar refractivity (Wildman–Crippen MR) is 493 cm³/mol. The topological polar surface area (TPSA) is 199 Å². The van der Waals surface area contributed by atoms with Crippen LogP contribution >= 0.6 is 0 Å². The van der Waals surface area contributed by atoms with Crippen molar-refractivity contribution < 1.29 is 9.59 Å². The SMILES string of the molecule is Cc1ccc(-c2c3nc(c(-c4ccc(C)cc4)c4ccc([nH]4)c(-c4ccc(NC(=O)c5ccnc(-c6cc(C(=O)Nc7ccc(-c8c9nc(c(-c%10ccc(C)cc%10)c%10ccc([nH]%10)c(-c%10ccc(C)cc%10)c%10nc(c(-c%11ccc(C)cc%11)c%11ccc8[nH]%11)C=C%10)C=C9)cc7)ccn6)c5)cc4)c4nc(c(-c5ccc(C)cc5)c5ccc2[nH]5)C=C4)C=C3)cc1. The van der Waals surface area contributed by atoms with Crippen LogP contribution in [0.15, 0.2) is 279 Å². The Kier molecular flexibility index (Phi) is 18.5. The monoisotopic (exact) mass is 1550 g/mol. The highest BCUT2D eigenvalue weighted by Gasteiger charge is 2.24. The molecule has 16 aromatic rings. The molecule has 16 bridgehead atoms. The summed E-state index contributed by atoms with van der Waals surface area (Å²) in [6.07, 6.45) is 20.0. The fraction of sp³-hybridized carbons (Fsp3) is 0.0566. The molecule has 4 aliphatic rings. The number of aromatic amines is 4. The number of H-pyrrole nitrogens is 4. The molecule has 14 heteroatoms. The van der Waals surface area contributed by atoms with Gasteiger partial charge in [-0.05, 0) is 232 Å². The van der Waals surface area contributed by atoms with Crippen LogP contribution in [0.3, 0.4) is 0 Å². The highest BCUT2D eigenvalue weighted by atomic mass is 16.2. The van der Waals surface area contributed by atoms with Gasteiger partial charge in [-0.25, -0.2) is 19.9 Å². The van der Waals surface area contributed by atoms with Crippen LogP contribution in [0.2, 0.25) is 0 Å². The Morgan fingerprint density at radius 1 is 0.225 bits per heavy atom. The molecule has 12 heterocycles. The number of carbonyl (C=O) groups excluding carboxylic acids is 2. The first-order valence-corrected chi connectivity index (χ1v) is 40.2. The van der Waals surface area contributed by atoms with E-state index in [4.69, 9.17) is 19.9 Å². The summed E-state index contributed by atoms with van der Waals surface area (Å²) in [5.74, 6) is -0.705. The summed E-state index contributed by atoms with van der Waals surface area (Å²) in [7, 11) is 0. The van der Waals surface area contributed by atoms with Crippen molar-refractivity contribution in [2.45, 2.75) is 41.5 Å². The fourth-order valence-electron chi connectivity index (χ4n) is 16.4. The zero-order chi connectivity index (χ0) is 81.2. The van der Waals surface area contributed by atoms with Gasteiger partial charge in [-0.15, -0.1) is 0 Å². The molecule has 0 radical (unpaired) electrons. The quantitative estimate of drug-likeness (QED) is 0.0655. The van der Waals surface area contributed by atoms with Crippen molar-refractivity contribution in [3.05, 3.63) is 369 Å². The standard InChI is InChI=1S/C106H78N12O2/c1-61-7-19-67(20-8-61)97-79-39-43-83(111-79)99(69-23-11-63(3)12-24-69)87-47-51-91(115-87)103(92-52-48-88(116-92)100(84-44-40-80(97)112-84)70-25-13-64(4)14-26-70)73-31-35-77(36-32-73)109-105(119)75-55-57-107-95(59-75)96-60-76(56-58-108-96)106(120)110-78-37-33-74(34-38-78)104-93-53-49-89(117-93)101(71-27-15-65(5)16-28-71)85-45-41-81(113-85)98(68-21-9-62(2)10-22-68)82-42-46-86(114-82)102(90-50-54-94(104)118-90)72-29-17-66(6)18-30-72/h7-60,111,113,116,118H,1-6H3,(H,109,119)(H,110,120). The van der Waals surface area contributed by atoms with E-state index in [1.807, 2.05) is 48.5 Å². The van der Waals surface area contributed by atoms with Gasteiger partial charge in [0.05, 0.1) is 56.9 Å². The molecule has 0 saturated heterocycles. The number of amides is 2. The predicted octanol–water partition coefficient (Wildman–Crippen LogP) is 25.8. The maximum atomic E-state index is 14.5. The minimum atomic E-state index is -0.353. The van der Waals surface area contributed by atoms with E-state index < -0.39 is 0 Å². The van der Waals surface area contributed by atoms with E-state index in [1.165, 1.54) is 11.1 Å². The maximum Gasteiger partial charge on any atom is 0.255 e. The molecular weight excluding hydrogens is 1470 g/mol. The normalized spacial score (nSPS) is 12.0. The molecule has 14 nitrogen and oxygen atoms in total. The van der Waals surface area contributed by atoms with Gasteiger partial charge in [0.1, 0.15) is 0 Å². The van der Waals surface area contributed by atoms with Crippen LogP contribution in [-0.2, 0) is 0 Å². The number of carbonyl (C=O) groups is 2. The van der Waals surface area contributed by atoms with Gasteiger partial charge in [-0.1, -0.05) is 203 Å². The fourth-order valence-corrected chi connectivity index (χ4v) is 16.4. The number of aromatic nitrogens is 10. The van der Waals surface area contributed by atoms with Crippen molar-refractivity contribution in [2.24, 2.45) is 0 Å². The van der Waals surface area contributed by atoms with Crippen LogP contribution in [0, 0.1) is 41.5 Å². The molecular formula is C106H78N12O2. The largest absolute Gasteiger partial charge is 0.354 e. The highest BCUT2D eigenvalue weighted by molar-refractivity contribution is 6.08. The first kappa shape index (κ1) is 73.1. The Morgan fingerprint density at radius 2 is 0.400 bits per heavy atom. The van der Waals surface area contributed by atoms with Gasteiger partial charge in [0.2, 0.25) is 0 Å². The number of nitrogens with one attached hydrogen (secondary N) is 6. The zero-order valence-corrected chi connectivity index (χ0v) is 66.7. The van der Waals surface area contributed by atoms with Crippen molar-refractivity contribution >= 4 is 116 Å². The maximum absolute atomic E-state index is 14.5. The molecule has 0 unspecified atom stereocenters. The van der Waals surface area contributed by atoms with Crippen LogP contribution in [0.25, 0.3) is 193 Å². The van der Waals surface area contributed by atoms with Gasteiger partial charge in [0, 0.05) is 124 Å². The molecule has 0 fully saturated rings. The van der Waals surface area contributed by atoms with Crippen molar-refractivity contribution in [1.82, 2.24) is 49.8 Å². The number of anilines is 2. The summed E-state index contributed by atoms with van der Waals surface area (Å²) >= 11 is 0. The van der Waals surface area contributed by atoms with E-state index in [9.17, 15) is 9.59 Å². The summed E-state index contributed by atoms with van der Waals surface area (Å²) < 4.78 is 0. The van der Waals surface area contributed by atoms with Gasteiger partial charge in [-0.2, -0.15) is 0 Å². The summed E-state index contributed by atoms with van der Waals surface area (Å²) in [6, 6.07) is 91.0. The molecule has 8 aromatic heterocycles. The van der Waals surface area contributed by atoms with Crippen LogP contribution in [0.5, 0.6) is 0 Å². The van der Waals surface area contributed by atoms with Crippen LogP contribution in [0.4, 0.5) is 11.4 Å². The van der Waals surface area contributed by atoms with Gasteiger partial charge >= 0.3 is 0 Å². The Labute approximate surface area is 693 Å². The number of nitrogens with zero attached hydrogens (tertiary/aromatic N) is 6. The van der Waals surface area contributed by atoms with E-state index in [-0.39, 0.29) is 11.8 Å². The number of hydrogen-bond acceptors (Lipinski definition) is 8. The van der Waals surface area contributed by atoms with E-state index in [0.717, 1.165) is 201 Å². The van der Waals surface area contributed by atoms with Crippen LogP contribution in [0.1, 0.15) is 99.6 Å². The van der Waals surface area contributed by atoms with Crippen molar-refractivity contribution in [1.29, 1.82) is 0 Å². The number of rotatable bonds is 13. The number of hydrogen-bond donors (Lipinski definition) is 6. The van der Waals surface area contributed by atoms with Crippen molar-refractivity contribution in [3.8, 4) is 100 Å². The molecule has 6 N–H and O–H groups in total. The molecule has 8 aromatic carbocycles.